The maximum atomic E-state index is 2.34. The molecule has 0 aromatic heterocycles. The van der Waals surface area contributed by atoms with Crippen molar-refractivity contribution in [2.75, 3.05) is 0 Å². The Labute approximate surface area is 98.1 Å². The zero-order valence-electron chi connectivity index (χ0n) is 8.00. The van der Waals surface area contributed by atoms with Crippen molar-refractivity contribution >= 4 is 22.6 Å². The molecule has 2 rings (SSSR count). The molecule has 0 heterocycles. The normalized spacial score (nSPS) is 10.1. The molecule has 0 bridgehead atoms. The first-order valence-electron chi connectivity index (χ1n) is 4.59. The monoisotopic (exact) mass is 294 g/mol. The van der Waals surface area contributed by atoms with Gasteiger partial charge in [-0.2, -0.15) is 0 Å². The third kappa shape index (κ3) is 1.98. The molecule has 0 N–H and O–H groups in total. The van der Waals surface area contributed by atoms with Crippen LogP contribution < -0.4 is 0 Å². The quantitative estimate of drug-likeness (QED) is 0.689. The summed E-state index contributed by atoms with van der Waals surface area (Å²) in [5, 5.41) is 0. The number of aryl methyl sites for hydroxylation is 1. The van der Waals surface area contributed by atoms with Crippen LogP contribution in [0.1, 0.15) is 5.56 Å². The van der Waals surface area contributed by atoms with Crippen LogP contribution in [-0.2, 0) is 0 Å². The molecule has 0 unspecified atom stereocenters. The first-order valence-corrected chi connectivity index (χ1v) is 5.67. The van der Waals surface area contributed by atoms with Gasteiger partial charge in [-0.25, -0.2) is 0 Å². The first kappa shape index (κ1) is 9.71. The van der Waals surface area contributed by atoms with Crippen molar-refractivity contribution < 1.29 is 0 Å². The maximum absolute atomic E-state index is 2.34. The van der Waals surface area contributed by atoms with Crippen molar-refractivity contribution in [3.8, 4) is 11.1 Å². The SMILES string of the molecule is Cc1cc(I)ccc1-c1ccccc1. The summed E-state index contributed by atoms with van der Waals surface area (Å²) in [6, 6.07) is 17.0. The third-order valence-electron chi connectivity index (χ3n) is 2.27. The number of hydrogen-bond acceptors (Lipinski definition) is 0. The lowest BCUT2D eigenvalue weighted by Crippen LogP contribution is -1.83. The maximum Gasteiger partial charge on any atom is 0.0133 e. The van der Waals surface area contributed by atoms with E-state index in [0.717, 1.165) is 0 Å². The van der Waals surface area contributed by atoms with Crippen LogP contribution in [0.2, 0.25) is 0 Å². The van der Waals surface area contributed by atoms with Crippen molar-refractivity contribution in [1.82, 2.24) is 0 Å². The minimum absolute atomic E-state index is 1.29. The molecule has 0 aliphatic rings. The van der Waals surface area contributed by atoms with E-state index in [2.05, 4.69) is 72.0 Å². The summed E-state index contributed by atoms with van der Waals surface area (Å²) in [4.78, 5) is 0. The highest BCUT2D eigenvalue weighted by Crippen LogP contribution is 2.24. The van der Waals surface area contributed by atoms with Gasteiger partial charge in [0.2, 0.25) is 0 Å². The van der Waals surface area contributed by atoms with Gasteiger partial charge in [-0.3, -0.25) is 0 Å². The highest BCUT2D eigenvalue weighted by atomic mass is 127. The summed E-state index contributed by atoms with van der Waals surface area (Å²) in [5.41, 5.74) is 3.95. The van der Waals surface area contributed by atoms with Crippen molar-refractivity contribution in [3.05, 3.63) is 57.7 Å². The molecule has 0 fully saturated rings. The summed E-state index contributed by atoms with van der Waals surface area (Å²) in [6.45, 7) is 2.16. The summed E-state index contributed by atoms with van der Waals surface area (Å²) >= 11 is 2.34. The number of rotatable bonds is 1. The molecule has 2 aromatic carbocycles. The largest absolute Gasteiger partial charge is 0.0622 e. The summed E-state index contributed by atoms with van der Waals surface area (Å²) in [7, 11) is 0. The molecule has 0 aliphatic carbocycles. The summed E-state index contributed by atoms with van der Waals surface area (Å²) < 4.78 is 1.29. The Balaban J connectivity index is 2.53. The predicted molar refractivity (Wildman–Crippen MR) is 69.3 cm³/mol. The van der Waals surface area contributed by atoms with Gasteiger partial charge in [-0.15, -0.1) is 0 Å². The topological polar surface area (TPSA) is 0 Å². The lowest BCUT2D eigenvalue weighted by molar-refractivity contribution is 1.44. The van der Waals surface area contributed by atoms with Gasteiger partial charge in [0, 0.05) is 3.57 Å². The van der Waals surface area contributed by atoms with Crippen molar-refractivity contribution in [3.63, 3.8) is 0 Å². The van der Waals surface area contributed by atoms with Gasteiger partial charge in [0.15, 0.2) is 0 Å². The fourth-order valence-corrected chi connectivity index (χ4v) is 2.22. The fourth-order valence-electron chi connectivity index (χ4n) is 1.57. The van der Waals surface area contributed by atoms with Gasteiger partial charge in [-0.1, -0.05) is 36.4 Å². The minimum Gasteiger partial charge on any atom is -0.0622 e. The van der Waals surface area contributed by atoms with Gasteiger partial charge in [0.1, 0.15) is 0 Å². The van der Waals surface area contributed by atoms with Crippen LogP contribution in [-0.4, -0.2) is 0 Å². The molecule has 0 saturated heterocycles. The molecule has 0 amide bonds. The smallest absolute Gasteiger partial charge is 0.0133 e. The zero-order valence-corrected chi connectivity index (χ0v) is 10.2. The standard InChI is InChI=1S/C13H11I/c1-10-9-12(14)7-8-13(10)11-5-3-2-4-6-11/h2-9H,1H3. The first-order chi connectivity index (χ1) is 6.77. The molecular formula is C13H11I. The van der Waals surface area contributed by atoms with Gasteiger partial charge in [-0.05, 0) is 58.3 Å². The lowest BCUT2D eigenvalue weighted by atomic mass is 10.0. The Morgan fingerprint density at radius 1 is 0.929 bits per heavy atom. The molecule has 0 nitrogen and oxygen atoms in total. The number of benzene rings is 2. The molecule has 70 valence electrons. The molecule has 0 radical (unpaired) electrons. The van der Waals surface area contributed by atoms with Crippen LogP contribution in [0.25, 0.3) is 11.1 Å². The second-order valence-electron chi connectivity index (χ2n) is 3.33. The number of halogens is 1. The van der Waals surface area contributed by atoms with E-state index in [4.69, 9.17) is 0 Å². The Bertz CT molecular complexity index is 432. The fraction of sp³-hybridized carbons (Fsp3) is 0.0769. The van der Waals surface area contributed by atoms with E-state index >= 15 is 0 Å². The molecule has 1 heteroatoms. The average Bonchev–Trinajstić information content (AvgIpc) is 2.19. The second kappa shape index (κ2) is 4.13. The molecule has 0 spiro atoms. The Kier molecular flexibility index (Phi) is 2.87. The van der Waals surface area contributed by atoms with E-state index in [9.17, 15) is 0 Å². The molecular weight excluding hydrogens is 283 g/mol. The van der Waals surface area contributed by atoms with E-state index in [1.165, 1.54) is 20.3 Å². The van der Waals surface area contributed by atoms with E-state index in [-0.39, 0.29) is 0 Å². The Morgan fingerprint density at radius 3 is 2.29 bits per heavy atom. The van der Waals surface area contributed by atoms with Gasteiger partial charge in [0.25, 0.3) is 0 Å². The Hall–Kier alpha value is -0.830. The van der Waals surface area contributed by atoms with Crippen LogP contribution in [0, 0.1) is 10.5 Å². The van der Waals surface area contributed by atoms with E-state index in [1.54, 1.807) is 0 Å². The van der Waals surface area contributed by atoms with Crippen LogP contribution in [0.3, 0.4) is 0 Å². The van der Waals surface area contributed by atoms with Crippen LogP contribution in [0.15, 0.2) is 48.5 Å². The molecule has 14 heavy (non-hydrogen) atoms. The lowest BCUT2D eigenvalue weighted by Gasteiger charge is -2.05. The van der Waals surface area contributed by atoms with Gasteiger partial charge < -0.3 is 0 Å². The summed E-state index contributed by atoms with van der Waals surface area (Å²) in [6.07, 6.45) is 0. The van der Waals surface area contributed by atoms with Crippen molar-refractivity contribution in [2.24, 2.45) is 0 Å². The van der Waals surface area contributed by atoms with E-state index in [1.807, 2.05) is 6.07 Å². The molecule has 0 saturated carbocycles. The van der Waals surface area contributed by atoms with Crippen molar-refractivity contribution in [1.29, 1.82) is 0 Å². The van der Waals surface area contributed by atoms with Crippen molar-refractivity contribution in [2.45, 2.75) is 6.92 Å². The predicted octanol–water partition coefficient (Wildman–Crippen LogP) is 4.27. The van der Waals surface area contributed by atoms with Crippen LogP contribution >= 0.6 is 22.6 Å². The molecule has 0 aliphatic heterocycles. The zero-order chi connectivity index (χ0) is 9.97. The molecule has 0 atom stereocenters. The van der Waals surface area contributed by atoms with Crippen LogP contribution in [0.4, 0.5) is 0 Å². The third-order valence-corrected chi connectivity index (χ3v) is 2.94. The highest BCUT2D eigenvalue weighted by molar-refractivity contribution is 14.1. The Morgan fingerprint density at radius 2 is 1.64 bits per heavy atom. The van der Waals surface area contributed by atoms with E-state index in [0.29, 0.717) is 0 Å². The summed E-state index contributed by atoms with van der Waals surface area (Å²) in [5.74, 6) is 0. The minimum atomic E-state index is 1.29. The highest BCUT2D eigenvalue weighted by Gasteiger charge is 2.00. The second-order valence-corrected chi connectivity index (χ2v) is 4.57. The average molecular weight is 294 g/mol. The van der Waals surface area contributed by atoms with Gasteiger partial charge in [0.05, 0.1) is 0 Å². The molecule has 2 aromatic rings. The van der Waals surface area contributed by atoms with Gasteiger partial charge >= 0.3 is 0 Å². The van der Waals surface area contributed by atoms with Crippen LogP contribution in [0.5, 0.6) is 0 Å². The number of hydrogen-bond donors (Lipinski definition) is 0. The van der Waals surface area contributed by atoms with E-state index < -0.39 is 0 Å².